The van der Waals surface area contributed by atoms with Gasteiger partial charge in [-0.15, -0.1) is 0 Å². The summed E-state index contributed by atoms with van der Waals surface area (Å²) in [5.41, 5.74) is 7.00. The summed E-state index contributed by atoms with van der Waals surface area (Å²) in [6, 6.07) is 1.82. The molecule has 94 valence electrons. The van der Waals surface area contributed by atoms with E-state index in [9.17, 15) is 4.79 Å². The van der Waals surface area contributed by atoms with Crippen LogP contribution in [-0.4, -0.2) is 16.7 Å². The number of pyridine rings is 1. The van der Waals surface area contributed by atoms with Crippen molar-refractivity contribution in [2.45, 2.75) is 39.8 Å². The van der Waals surface area contributed by atoms with E-state index in [-0.39, 0.29) is 0 Å². The van der Waals surface area contributed by atoms with Crippen LogP contribution < -0.4 is 11.1 Å². The Kier molecular flexibility index (Phi) is 3.93. The van der Waals surface area contributed by atoms with Gasteiger partial charge in [0.05, 0.1) is 0 Å². The van der Waals surface area contributed by atoms with E-state index in [1.807, 2.05) is 33.8 Å². The molecule has 1 aromatic rings. The number of hydrogen-bond acceptors (Lipinski definition) is 4. The number of anilines is 1. The number of nitrogen functional groups attached to an aromatic ring is 1. The summed E-state index contributed by atoms with van der Waals surface area (Å²) in [6.45, 7) is 7.72. The van der Waals surface area contributed by atoms with Crippen molar-refractivity contribution in [3.05, 3.63) is 23.4 Å². The van der Waals surface area contributed by atoms with Crippen LogP contribution in [0.25, 0.3) is 0 Å². The molecule has 1 aromatic heterocycles. The van der Waals surface area contributed by atoms with Crippen molar-refractivity contribution in [3.63, 3.8) is 0 Å². The average Bonchev–Trinajstić information content (AvgIpc) is 2.18. The molecule has 17 heavy (non-hydrogen) atoms. The second-order valence-electron chi connectivity index (χ2n) is 4.84. The predicted octanol–water partition coefficient (Wildman–Crippen LogP) is 2.00. The normalized spacial score (nSPS) is 11.1. The van der Waals surface area contributed by atoms with Crippen molar-refractivity contribution in [1.82, 2.24) is 10.3 Å². The number of nitrogens with one attached hydrogen (secondary N) is 1. The Morgan fingerprint density at radius 3 is 2.76 bits per heavy atom. The van der Waals surface area contributed by atoms with Crippen LogP contribution >= 0.6 is 0 Å². The Balaban J connectivity index is 2.56. The van der Waals surface area contributed by atoms with E-state index in [2.05, 4.69) is 10.3 Å². The summed E-state index contributed by atoms with van der Waals surface area (Å²) in [5, 5.41) is 2.68. The van der Waals surface area contributed by atoms with Gasteiger partial charge in [-0.25, -0.2) is 9.78 Å². The minimum absolute atomic E-state index is 0.382. The zero-order valence-corrected chi connectivity index (χ0v) is 10.7. The number of hydrogen-bond donors (Lipinski definition) is 2. The number of nitrogens with zero attached hydrogens (tertiary/aromatic N) is 1. The molecule has 0 bridgehead atoms. The Labute approximate surface area is 101 Å². The zero-order chi connectivity index (χ0) is 13.1. The highest BCUT2D eigenvalue weighted by atomic mass is 16.6. The molecular formula is C12H19N3O2. The molecule has 0 aliphatic heterocycles. The van der Waals surface area contributed by atoms with Gasteiger partial charge in [-0.05, 0) is 44.9 Å². The third-order valence-corrected chi connectivity index (χ3v) is 2.18. The smallest absolute Gasteiger partial charge is 0.407 e. The first-order valence-corrected chi connectivity index (χ1v) is 5.46. The van der Waals surface area contributed by atoms with Crippen molar-refractivity contribution in [1.29, 1.82) is 0 Å². The number of rotatable bonds is 2. The van der Waals surface area contributed by atoms with Gasteiger partial charge in [-0.3, -0.25) is 0 Å². The molecule has 0 fully saturated rings. The lowest BCUT2D eigenvalue weighted by Gasteiger charge is -2.20. The molecule has 0 unspecified atom stereocenters. The summed E-state index contributed by atoms with van der Waals surface area (Å²) in [7, 11) is 0. The largest absolute Gasteiger partial charge is 0.444 e. The lowest BCUT2D eigenvalue weighted by molar-refractivity contribution is 0.0523. The van der Waals surface area contributed by atoms with Crippen LogP contribution in [0.1, 0.15) is 31.9 Å². The first-order chi connectivity index (χ1) is 7.79. The van der Waals surface area contributed by atoms with Crippen LogP contribution in [0.2, 0.25) is 0 Å². The van der Waals surface area contributed by atoms with Crippen molar-refractivity contribution < 1.29 is 9.53 Å². The molecule has 5 nitrogen and oxygen atoms in total. The minimum Gasteiger partial charge on any atom is -0.444 e. The first kappa shape index (κ1) is 13.3. The molecule has 0 aliphatic carbocycles. The van der Waals surface area contributed by atoms with Gasteiger partial charge in [0, 0.05) is 12.7 Å². The molecule has 0 atom stereocenters. The van der Waals surface area contributed by atoms with Gasteiger partial charge < -0.3 is 15.8 Å². The quantitative estimate of drug-likeness (QED) is 0.824. The van der Waals surface area contributed by atoms with Crippen molar-refractivity contribution >= 4 is 11.9 Å². The van der Waals surface area contributed by atoms with E-state index in [0.29, 0.717) is 12.4 Å². The van der Waals surface area contributed by atoms with Gasteiger partial charge in [0.25, 0.3) is 0 Å². The summed E-state index contributed by atoms with van der Waals surface area (Å²) >= 11 is 0. The Morgan fingerprint density at radius 2 is 2.18 bits per heavy atom. The molecule has 0 radical (unpaired) electrons. The van der Waals surface area contributed by atoms with Gasteiger partial charge in [-0.1, -0.05) is 0 Å². The van der Waals surface area contributed by atoms with Gasteiger partial charge in [0.15, 0.2) is 0 Å². The molecule has 1 amide bonds. The standard InChI is InChI=1S/C12H19N3O2/c1-8-9(5-6-14-10(8)13)7-15-11(16)17-12(2,3)4/h5-6H,7H2,1-4H3,(H2,13,14)(H,15,16). The monoisotopic (exact) mass is 237 g/mol. The number of aromatic nitrogens is 1. The van der Waals surface area contributed by atoms with Gasteiger partial charge in [0.1, 0.15) is 11.4 Å². The van der Waals surface area contributed by atoms with E-state index in [1.165, 1.54) is 0 Å². The highest BCUT2D eigenvalue weighted by Gasteiger charge is 2.15. The molecule has 0 aliphatic rings. The third-order valence-electron chi connectivity index (χ3n) is 2.18. The molecule has 0 spiro atoms. The maximum Gasteiger partial charge on any atom is 0.407 e. The van der Waals surface area contributed by atoms with Crippen molar-refractivity contribution in [2.24, 2.45) is 0 Å². The SMILES string of the molecule is Cc1c(CNC(=O)OC(C)(C)C)ccnc1N. The summed E-state index contributed by atoms with van der Waals surface area (Å²) in [5.74, 6) is 0.480. The molecular weight excluding hydrogens is 218 g/mol. The maximum absolute atomic E-state index is 11.4. The second-order valence-corrected chi connectivity index (χ2v) is 4.84. The zero-order valence-electron chi connectivity index (χ0n) is 10.7. The maximum atomic E-state index is 11.4. The summed E-state index contributed by atoms with van der Waals surface area (Å²) < 4.78 is 5.13. The van der Waals surface area contributed by atoms with Gasteiger partial charge in [-0.2, -0.15) is 0 Å². The molecule has 0 saturated heterocycles. The van der Waals surface area contributed by atoms with E-state index in [0.717, 1.165) is 11.1 Å². The molecule has 0 saturated carbocycles. The van der Waals surface area contributed by atoms with Crippen LogP contribution in [0.4, 0.5) is 10.6 Å². The fraction of sp³-hybridized carbons (Fsp3) is 0.500. The van der Waals surface area contributed by atoms with E-state index < -0.39 is 11.7 Å². The summed E-state index contributed by atoms with van der Waals surface area (Å²) in [4.78, 5) is 15.4. The molecule has 1 rings (SSSR count). The molecule has 5 heteroatoms. The fourth-order valence-corrected chi connectivity index (χ4v) is 1.27. The Hall–Kier alpha value is -1.78. The average molecular weight is 237 g/mol. The number of nitrogens with two attached hydrogens (primary N) is 1. The van der Waals surface area contributed by atoms with Crippen LogP contribution in [0, 0.1) is 6.92 Å². The van der Waals surface area contributed by atoms with Crippen molar-refractivity contribution in [3.8, 4) is 0 Å². The van der Waals surface area contributed by atoms with Crippen LogP contribution in [0.3, 0.4) is 0 Å². The second kappa shape index (κ2) is 5.03. The lowest BCUT2D eigenvalue weighted by Crippen LogP contribution is -2.32. The van der Waals surface area contributed by atoms with Gasteiger partial charge >= 0.3 is 6.09 Å². The third kappa shape index (κ3) is 4.30. The highest BCUT2D eigenvalue weighted by Crippen LogP contribution is 2.12. The predicted molar refractivity (Wildman–Crippen MR) is 66.5 cm³/mol. The highest BCUT2D eigenvalue weighted by molar-refractivity contribution is 5.67. The first-order valence-electron chi connectivity index (χ1n) is 5.46. The van der Waals surface area contributed by atoms with E-state index in [1.54, 1.807) is 6.20 Å². The van der Waals surface area contributed by atoms with E-state index in [4.69, 9.17) is 10.5 Å². The topological polar surface area (TPSA) is 77.2 Å². The lowest BCUT2D eigenvalue weighted by atomic mass is 10.1. The molecule has 3 N–H and O–H groups in total. The Morgan fingerprint density at radius 1 is 1.53 bits per heavy atom. The van der Waals surface area contributed by atoms with Crippen LogP contribution in [-0.2, 0) is 11.3 Å². The fourth-order valence-electron chi connectivity index (χ4n) is 1.27. The summed E-state index contributed by atoms with van der Waals surface area (Å²) in [6.07, 6.45) is 1.18. The van der Waals surface area contributed by atoms with Crippen molar-refractivity contribution in [2.75, 3.05) is 5.73 Å². The van der Waals surface area contributed by atoms with E-state index >= 15 is 0 Å². The molecule has 0 aromatic carbocycles. The number of carbonyl (C=O) groups excluding carboxylic acids is 1. The number of alkyl carbamates (subject to hydrolysis) is 1. The van der Waals surface area contributed by atoms with Gasteiger partial charge in [0.2, 0.25) is 0 Å². The Bertz CT molecular complexity index is 411. The minimum atomic E-state index is -0.490. The number of carbonyl (C=O) groups is 1. The number of ether oxygens (including phenoxy) is 1. The van der Waals surface area contributed by atoms with Crippen LogP contribution in [0.15, 0.2) is 12.3 Å². The number of amides is 1. The van der Waals surface area contributed by atoms with Crippen LogP contribution in [0.5, 0.6) is 0 Å². The molecule has 1 heterocycles.